The molecule has 0 atom stereocenters. The van der Waals surface area contributed by atoms with Gasteiger partial charge in [-0.25, -0.2) is 0 Å². The molecule has 0 radical (unpaired) electrons. The molecule has 160 valence electrons. The number of carbonyl (C=O) groups excluding carboxylic acids is 3. The number of amides is 3. The molecule has 2 aromatic rings. The Bertz CT molecular complexity index is 1080. The van der Waals surface area contributed by atoms with E-state index in [1.165, 1.54) is 18.2 Å². The van der Waals surface area contributed by atoms with Crippen molar-refractivity contribution >= 4 is 56.5 Å². The number of halogens is 4. The lowest BCUT2D eigenvalue weighted by atomic mass is 10.1. The first-order valence-corrected chi connectivity index (χ1v) is 10.3. The van der Waals surface area contributed by atoms with E-state index in [0.29, 0.717) is 16.8 Å². The highest BCUT2D eigenvalue weighted by molar-refractivity contribution is 9.12. The highest BCUT2D eigenvalue weighted by Gasteiger charge is 2.35. The van der Waals surface area contributed by atoms with Crippen LogP contribution in [0, 0.1) is 0 Å². The third-order valence-corrected chi connectivity index (χ3v) is 5.48. The first-order valence-electron chi connectivity index (χ1n) is 8.72. The standard InChI is InChI=1S/C21H14BrF3N2O3S/c1-12(22)18(28)26-16-8-4-13(5-9-16)10-17-19(29)27(20(30)31-17)11-14-2-6-15(7-3-14)21(23,24)25/h2-10H,1,11H2,(H,26,28)/b17-10-. The summed E-state index contributed by atoms with van der Waals surface area (Å²) in [7, 11) is 0. The van der Waals surface area contributed by atoms with Crippen molar-refractivity contribution in [2.75, 3.05) is 5.32 Å². The van der Waals surface area contributed by atoms with Crippen molar-refractivity contribution in [3.63, 3.8) is 0 Å². The van der Waals surface area contributed by atoms with E-state index >= 15 is 0 Å². The van der Waals surface area contributed by atoms with E-state index in [-0.39, 0.29) is 15.9 Å². The van der Waals surface area contributed by atoms with Crippen LogP contribution in [0.25, 0.3) is 6.08 Å². The number of thioether (sulfide) groups is 1. The Kier molecular flexibility index (Phi) is 6.71. The summed E-state index contributed by atoms with van der Waals surface area (Å²) >= 11 is 3.73. The van der Waals surface area contributed by atoms with Gasteiger partial charge in [-0.2, -0.15) is 13.2 Å². The predicted molar refractivity (Wildman–Crippen MR) is 116 cm³/mol. The number of benzene rings is 2. The van der Waals surface area contributed by atoms with Crippen LogP contribution in [0.1, 0.15) is 16.7 Å². The Labute approximate surface area is 188 Å². The van der Waals surface area contributed by atoms with Crippen molar-refractivity contribution in [3.8, 4) is 0 Å². The lowest BCUT2D eigenvalue weighted by molar-refractivity contribution is -0.137. The molecular formula is C21H14BrF3N2O3S. The number of hydrogen-bond acceptors (Lipinski definition) is 4. The van der Waals surface area contributed by atoms with Crippen LogP contribution in [0.15, 0.2) is 64.5 Å². The third kappa shape index (κ3) is 5.65. The zero-order valence-corrected chi connectivity index (χ0v) is 18.1. The zero-order chi connectivity index (χ0) is 22.8. The Morgan fingerprint density at radius 2 is 1.71 bits per heavy atom. The third-order valence-electron chi connectivity index (χ3n) is 4.21. The van der Waals surface area contributed by atoms with Crippen molar-refractivity contribution in [3.05, 3.63) is 81.2 Å². The summed E-state index contributed by atoms with van der Waals surface area (Å²) in [6.45, 7) is 3.35. The first kappa shape index (κ1) is 22.8. The van der Waals surface area contributed by atoms with Gasteiger partial charge in [0.25, 0.3) is 17.1 Å². The average Bonchev–Trinajstić information content (AvgIpc) is 2.96. The second-order valence-corrected chi connectivity index (χ2v) is 8.39. The monoisotopic (exact) mass is 510 g/mol. The lowest BCUT2D eigenvalue weighted by Crippen LogP contribution is -2.27. The van der Waals surface area contributed by atoms with Crippen molar-refractivity contribution in [1.29, 1.82) is 0 Å². The molecule has 0 unspecified atom stereocenters. The molecule has 3 rings (SSSR count). The van der Waals surface area contributed by atoms with E-state index in [2.05, 4.69) is 27.8 Å². The molecule has 2 aromatic carbocycles. The molecule has 1 fully saturated rings. The maximum absolute atomic E-state index is 12.7. The normalized spacial score (nSPS) is 15.5. The highest BCUT2D eigenvalue weighted by atomic mass is 79.9. The molecule has 31 heavy (non-hydrogen) atoms. The molecule has 3 amide bonds. The number of rotatable bonds is 5. The van der Waals surface area contributed by atoms with E-state index in [4.69, 9.17) is 0 Å². The van der Waals surface area contributed by atoms with Crippen molar-refractivity contribution in [2.45, 2.75) is 12.7 Å². The SMILES string of the molecule is C=C(Br)C(=O)Nc1ccc(/C=C2\SC(=O)N(Cc3ccc(C(F)(F)F)cc3)C2=O)cc1. The van der Waals surface area contributed by atoms with E-state index in [1.807, 2.05) is 0 Å². The van der Waals surface area contributed by atoms with Crippen LogP contribution in [0.2, 0.25) is 0 Å². The molecule has 0 bridgehead atoms. The summed E-state index contributed by atoms with van der Waals surface area (Å²) in [5.74, 6) is -0.917. The number of hydrogen-bond donors (Lipinski definition) is 1. The fraction of sp³-hybridized carbons (Fsp3) is 0.0952. The lowest BCUT2D eigenvalue weighted by Gasteiger charge is -2.13. The number of alkyl halides is 3. The number of carbonyl (C=O) groups is 3. The van der Waals surface area contributed by atoms with Gasteiger partial charge in [0.2, 0.25) is 0 Å². The van der Waals surface area contributed by atoms with E-state index in [1.54, 1.807) is 24.3 Å². The molecule has 1 aliphatic heterocycles. The van der Waals surface area contributed by atoms with Crippen LogP contribution in [0.3, 0.4) is 0 Å². The van der Waals surface area contributed by atoms with Gasteiger partial charge in [-0.05, 0) is 69.2 Å². The molecule has 1 N–H and O–H groups in total. The molecule has 0 aliphatic carbocycles. The number of imide groups is 1. The summed E-state index contributed by atoms with van der Waals surface area (Å²) in [6.07, 6.45) is -2.92. The van der Waals surface area contributed by atoms with Crippen molar-refractivity contribution < 1.29 is 27.6 Å². The number of nitrogens with one attached hydrogen (secondary N) is 1. The minimum Gasteiger partial charge on any atom is -0.322 e. The van der Waals surface area contributed by atoms with E-state index < -0.39 is 28.8 Å². The van der Waals surface area contributed by atoms with Gasteiger partial charge in [-0.15, -0.1) is 0 Å². The maximum Gasteiger partial charge on any atom is 0.416 e. The van der Waals surface area contributed by atoms with Gasteiger partial charge in [0.1, 0.15) is 0 Å². The second kappa shape index (κ2) is 9.11. The summed E-state index contributed by atoms with van der Waals surface area (Å²) in [6, 6.07) is 10.9. The van der Waals surface area contributed by atoms with Crippen LogP contribution < -0.4 is 5.32 Å². The zero-order valence-electron chi connectivity index (χ0n) is 15.7. The summed E-state index contributed by atoms with van der Waals surface area (Å²) in [5.41, 5.74) is 0.768. The Hall–Kier alpha value is -2.85. The topological polar surface area (TPSA) is 66.5 Å². The quantitative estimate of drug-likeness (QED) is 0.517. The smallest absolute Gasteiger partial charge is 0.322 e. The minimum absolute atomic E-state index is 0.123. The summed E-state index contributed by atoms with van der Waals surface area (Å²) in [4.78, 5) is 37.6. The molecule has 5 nitrogen and oxygen atoms in total. The van der Waals surface area contributed by atoms with Crippen LogP contribution in [0.5, 0.6) is 0 Å². The van der Waals surface area contributed by atoms with Gasteiger partial charge < -0.3 is 5.32 Å². The van der Waals surface area contributed by atoms with Crippen LogP contribution in [0.4, 0.5) is 23.7 Å². The molecule has 0 spiro atoms. The molecule has 0 saturated carbocycles. The first-order chi connectivity index (χ1) is 14.5. The Balaban J connectivity index is 1.70. The average molecular weight is 511 g/mol. The van der Waals surface area contributed by atoms with Gasteiger partial charge in [0.15, 0.2) is 0 Å². The van der Waals surface area contributed by atoms with Crippen LogP contribution >= 0.6 is 27.7 Å². The van der Waals surface area contributed by atoms with E-state index in [0.717, 1.165) is 28.8 Å². The fourth-order valence-electron chi connectivity index (χ4n) is 2.63. The molecular weight excluding hydrogens is 497 g/mol. The number of anilines is 1. The minimum atomic E-state index is -4.45. The highest BCUT2D eigenvalue weighted by Crippen LogP contribution is 2.34. The molecule has 10 heteroatoms. The fourth-order valence-corrected chi connectivity index (χ4v) is 3.57. The van der Waals surface area contributed by atoms with Gasteiger partial charge in [-0.3, -0.25) is 19.3 Å². The molecule has 1 saturated heterocycles. The summed E-state index contributed by atoms with van der Waals surface area (Å²) in [5, 5.41) is 2.11. The van der Waals surface area contributed by atoms with Gasteiger partial charge >= 0.3 is 6.18 Å². The van der Waals surface area contributed by atoms with Crippen LogP contribution in [-0.2, 0) is 22.3 Å². The number of nitrogens with zero attached hydrogens (tertiary/aromatic N) is 1. The van der Waals surface area contributed by atoms with Crippen molar-refractivity contribution in [2.24, 2.45) is 0 Å². The Morgan fingerprint density at radius 3 is 2.26 bits per heavy atom. The van der Waals surface area contributed by atoms with Crippen LogP contribution in [-0.4, -0.2) is 22.0 Å². The summed E-state index contributed by atoms with van der Waals surface area (Å²) < 4.78 is 38.2. The second-order valence-electron chi connectivity index (χ2n) is 6.44. The Morgan fingerprint density at radius 1 is 1.10 bits per heavy atom. The molecule has 1 heterocycles. The largest absolute Gasteiger partial charge is 0.416 e. The van der Waals surface area contributed by atoms with Gasteiger partial charge in [0, 0.05) is 5.69 Å². The van der Waals surface area contributed by atoms with Gasteiger partial charge in [-0.1, -0.05) is 30.8 Å². The maximum atomic E-state index is 12.7. The van der Waals surface area contributed by atoms with Gasteiger partial charge in [0.05, 0.1) is 21.5 Å². The van der Waals surface area contributed by atoms with Crippen molar-refractivity contribution in [1.82, 2.24) is 4.90 Å². The molecule has 0 aromatic heterocycles. The molecule has 1 aliphatic rings. The van der Waals surface area contributed by atoms with E-state index in [9.17, 15) is 27.6 Å². The predicted octanol–water partition coefficient (Wildman–Crippen LogP) is 5.79.